The number of hydrogen-bond donors (Lipinski definition) is 2. The number of nitrogens with zero attached hydrogens (tertiary/aromatic N) is 3. The van der Waals surface area contributed by atoms with Gasteiger partial charge in [-0.25, -0.2) is 4.98 Å². The Hall–Kier alpha value is -2.21. The van der Waals surface area contributed by atoms with Crippen LogP contribution in [-0.4, -0.2) is 20.1 Å². The van der Waals surface area contributed by atoms with Gasteiger partial charge in [-0.05, 0) is 18.6 Å². The topological polar surface area (TPSA) is 93.6 Å². The molecule has 3 rings (SSSR count). The second-order valence-corrected chi connectivity index (χ2v) is 4.44. The number of nitrogens with one attached hydrogen (secondary N) is 1. The van der Waals surface area contributed by atoms with E-state index >= 15 is 0 Å². The SMILES string of the molecule is CC[C@H](N)c1nc(Cc2nc3ccccc3[nH]2)no1. The molecule has 3 N–H and O–H groups in total. The lowest BCUT2D eigenvalue weighted by molar-refractivity contribution is 0.348. The van der Waals surface area contributed by atoms with E-state index in [1.807, 2.05) is 31.2 Å². The van der Waals surface area contributed by atoms with Crippen molar-refractivity contribution >= 4 is 11.0 Å². The Labute approximate surface area is 110 Å². The minimum atomic E-state index is -0.197. The zero-order valence-corrected chi connectivity index (χ0v) is 10.6. The summed E-state index contributed by atoms with van der Waals surface area (Å²) < 4.78 is 5.14. The van der Waals surface area contributed by atoms with Crippen LogP contribution in [0.15, 0.2) is 28.8 Å². The highest BCUT2D eigenvalue weighted by atomic mass is 16.5. The van der Waals surface area contributed by atoms with E-state index in [0.717, 1.165) is 23.3 Å². The monoisotopic (exact) mass is 257 g/mol. The number of hydrogen-bond acceptors (Lipinski definition) is 5. The molecule has 0 aliphatic rings. The van der Waals surface area contributed by atoms with Crippen molar-refractivity contribution in [3.63, 3.8) is 0 Å². The molecule has 2 heterocycles. The van der Waals surface area contributed by atoms with Crippen molar-refractivity contribution in [2.24, 2.45) is 5.73 Å². The van der Waals surface area contributed by atoms with Crippen LogP contribution in [0.2, 0.25) is 0 Å². The van der Waals surface area contributed by atoms with Gasteiger partial charge >= 0.3 is 0 Å². The van der Waals surface area contributed by atoms with Crippen molar-refractivity contribution in [1.29, 1.82) is 0 Å². The summed E-state index contributed by atoms with van der Waals surface area (Å²) in [6.07, 6.45) is 1.28. The number of aromatic amines is 1. The van der Waals surface area contributed by atoms with Gasteiger partial charge in [-0.15, -0.1) is 0 Å². The number of H-pyrrole nitrogens is 1. The van der Waals surface area contributed by atoms with Gasteiger partial charge in [0.1, 0.15) is 5.82 Å². The van der Waals surface area contributed by atoms with Crippen LogP contribution in [0.25, 0.3) is 11.0 Å². The van der Waals surface area contributed by atoms with E-state index in [2.05, 4.69) is 20.1 Å². The molecular formula is C13H15N5O. The zero-order valence-electron chi connectivity index (χ0n) is 10.6. The highest BCUT2D eigenvalue weighted by Crippen LogP contribution is 2.14. The number of benzene rings is 1. The van der Waals surface area contributed by atoms with Gasteiger partial charge in [0.2, 0.25) is 5.89 Å². The summed E-state index contributed by atoms with van der Waals surface area (Å²) in [5, 5.41) is 3.92. The number of imidazole rings is 1. The smallest absolute Gasteiger partial charge is 0.243 e. The first-order chi connectivity index (χ1) is 9.26. The van der Waals surface area contributed by atoms with Crippen molar-refractivity contribution in [3.05, 3.63) is 41.8 Å². The van der Waals surface area contributed by atoms with Crippen molar-refractivity contribution in [2.75, 3.05) is 0 Å². The predicted molar refractivity (Wildman–Crippen MR) is 70.4 cm³/mol. The fourth-order valence-electron chi connectivity index (χ4n) is 1.90. The van der Waals surface area contributed by atoms with Crippen LogP contribution in [-0.2, 0) is 6.42 Å². The predicted octanol–water partition coefficient (Wildman–Crippen LogP) is 1.95. The van der Waals surface area contributed by atoms with Crippen LogP contribution in [0.4, 0.5) is 0 Å². The van der Waals surface area contributed by atoms with Crippen molar-refractivity contribution < 1.29 is 4.52 Å². The largest absolute Gasteiger partial charge is 0.342 e. The Balaban J connectivity index is 1.82. The molecule has 0 bridgehead atoms. The first-order valence-electron chi connectivity index (χ1n) is 6.28. The van der Waals surface area contributed by atoms with Crippen molar-refractivity contribution in [2.45, 2.75) is 25.8 Å². The van der Waals surface area contributed by atoms with E-state index in [4.69, 9.17) is 10.3 Å². The Bertz CT molecular complexity index is 654. The summed E-state index contributed by atoms with van der Waals surface area (Å²) in [5.41, 5.74) is 7.79. The molecule has 0 saturated carbocycles. The minimum Gasteiger partial charge on any atom is -0.342 e. The van der Waals surface area contributed by atoms with Gasteiger partial charge in [0.25, 0.3) is 0 Å². The van der Waals surface area contributed by atoms with Gasteiger partial charge in [-0.2, -0.15) is 4.98 Å². The quantitative estimate of drug-likeness (QED) is 0.745. The third-order valence-corrected chi connectivity index (χ3v) is 3.00. The van der Waals surface area contributed by atoms with E-state index in [9.17, 15) is 0 Å². The highest BCUT2D eigenvalue weighted by molar-refractivity contribution is 5.74. The fraction of sp³-hybridized carbons (Fsp3) is 0.308. The van der Waals surface area contributed by atoms with E-state index in [1.165, 1.54) is 0 Å². The number of aromatic nitrogens is 4. The lowest BCUT2D eigenvalue weighted by Gasteiger charge is -1.98. The number of para-hydroxylation sites is 2. The Morgan fingerprint density at radius 3 is 2.95 bits per heavy atom. The number of nitrogens with two attached hydrogens (primary N) is 1. The average molecular weight is 257 g/mol. The summed E-state index contributed by atoms with van der Waals surface area (Å²) in [6.45, 7) is 1.98. The maximum absolute atomic E-state index is 5.84. The molecule has 0 radical (unpaired) electrons. The Kier molecular flexibility index (Phi) is 3.00. The molecule has 1 aromatic carbocycles. The molecule has 0 spiro atoms. The van der Waals surface area contributed by atoms with E-state index < -0.39 is 0 Å². The molecular weight excluding hydrogens is 242 g/mol. The van der Waals surface area contributed by atoms with Gasteiger partial charge in [-0.1, -0.05) is 24.2 Å². The second kappa shape index (κ2) is 4.81. The summed E-state index contributed by atoms with van der Waals surface area (Å²) >= 11 is 0. The van der Waals surface area contributed by atoms with Crippen molar-refractivity contribution in [3.8, 4) is 0 Å². The van der Waals surface area contributed by atoms with Gasteiger partial charge in [0.05, 0.1) is 23.5 Å². The van der Waals surface area contributed by atoms with Crippen LogP contribution in [0, 0.1) is 0 Å². The molecule has 3 aromatic rings. The molecule has 1 atom stereocenters. The second-order valence-electron chi connectivity index (χ2n) is 4.44. The lowest BCUT2D eigenvalue weighted by Crippen LogP contribution is -2.09. The number of rotatable bonds is 4. The highest BCUT2D eigenvalue weighted by Gasteiger charge is 2.14. The van der Waals surface area contributed by atoms with Gasteiger partial charge in [0.15, 0.2) is 5.82 Å². The third-order valence-electron chi connectivity index (χ3n) is 3.00. The van der Waals surface area contributed by atoms with Gasteiger partial charge < -0.3 is 15.2 Å². The average Bonchev–Trinajstić information content (AvgIpc) is 3.04. The zero-order chi connectivity index (χ0) is 13.2. The Morgan fingerprint density at radius 1 is 1.32 bits per heavy atom. The first-order valence-corrected chi connectivity index (χ1v) is 6.28. The molecule has 0 aliphatic carbocycles. The summed E-state index contributed by atoms with van der Waals surface area (Å²) in [4.78, 5) is 12.0. The normalized spacial score (nSPS) is 12.9. The molecule has 0 aliphatic heterocycles. The third kappa shape index (κ3) is 2.34. The standard InChI is InChI=1S/C13H15N5O/c1-2-8(14)13-17-12(18-19-13)7-11-15-9-5-3-4-6-10(9)16-11/h3-6,8H,2,7,14H2,1H3,(H,15,16)/t8-/m0/s1. The fourth-order valence-corrected chi connectivity index (χ4v) is 1.90. The van der Waals surface area contributed by atoms with Crippen LogP contribution < -0.4 is 5.73 Å². The first kappa shape index (κ1) is 11.9. The summed E-state index contributed by atoms with van der Waals surface area (Å²) in [5.74, 6) is 1.89. The molecule has 0 fully saturated rings. The van der Waals surface area contributed by atoms with Crippen LogP contribution in [0.5, 0.6) is 0 Å². The van der Waals surface area contributed by atoms with Crippen molar-refractivity contribution in [1.82, 2.24) is 20.1 Å². The van der Waals surface area contributed by atoms with Crippen LogP contribution >= 0.6 is 0 Å². The van der Waals surface area contributed by atoms with Gasteiger partial charge in [-0.3, -0.25) is 0 Å². The summed E-state index contributed by atoms with van der Waals surface area (Å²) in [6, 6.07) is 7.68. The minimum absolute atomic E-state index is 0.197. The molecule has 98 valence electrons. The van der Waals surface area contributed by atoms with E-state index in [-0.39, 0.29) is 6.04 Å². The molecule has 0 amide bonds. The molecule has 2 aromatic heterocycles. The van der Waals surface area contributed by atoms with E-state index in [0.29, 0.717) is 18.1 Å². The lowest BCUT2D eigenvalue weighted by atomic mass is 10.2. The molecule has 6 nitrogen and oxygen atoms in total. The van der Waals surface area contributed by atoms with Crippen LogP contribution in [0.1, 0.15) is 36.9 Å². The molecule has 6 heteroatoms. The summed E-state index contributed by atoms with van der Waals surface area (Å²) in [7, 11) is 0. The maximum atomic E-state index is 5.84. The maximum Gasteiger partial charge on any atom is 0.243 e. The van der Waals surface area contributed by atoms with Crippen LogP contribution in [0.3, 0.4) is 0 Å². The molecule has 19 heavy (non-hydrogen) atoms. The molecule has 0 saturated heterocycles. The van der Waals surface area contributed by atoms with Gasteiger partial charge in [0, 0.05) is 0 Å². The number of fused-ring (bicyclic) bond motifs is 1. The molecule has 0 unspecified atom stereocenters. The van der Waals surface area contributed by atoms with E-state index in [1.54, 1.807) is 0 Å². The Morgan fingerprint density at radius 2 is 2.16 bits per heavy atom.